The van der Waals surface area contributed by atoms with Crippen LogP contribution in [0.4, 0.5) is 5.69 Å². The number of rotatable bonds is 6. The summed E-state index contributed by atoms with van der Waals surface area (Å²) in [5.74, 6) is -3.08. The zero-order chi connectivity index (χ0) is 24.2. The number of nitrogens with zero attached hydrogens (tertiary/aromatic N) is 1. The number of benzene rings is 2. The van der Waals surface area contributed by atoms with Crippen molar-refractivity contribution in [1.29, 1.82) is 0 Å². The Labute approximate surface area is 197 Å². The summed E-state index contributed by atoms with van der Waals surface area (Å²) in [6.45, 7) is 4.10. The van der Waals surface area contributed by atoms with Gasteiger partial charge < -0.3 is 11.1 Å². The molecule has 4 amide bonds. The molecule has 1 spiro atoms. The Kier molecular flexibility index (Phi) is 5.28. The number of primary amides is 1. The van der Waals surface area contributed by atoms with Crippen LogP contribution in [0.2, 0.25) is 0 Å². The van der Waals surface area contributed by atoms with Crippen LogP contribution in [-0.2, 0) is 31.1 Å². The van der Waals surface area contributed by atoms with Gasteiger partial charge in [0, 0.05) is 30.3 Å². The highest BCUT2D eigenvalue weighted by atomic mass is 16.2. The van der Waals surface area contributed by atoms with Crippen molar-refractivity contribution < 1.29 is 19.2 Å². The summed E-state index contributed by atoms with van der Waals surface area (Å²) in [4.78, 5) is 53.7. The Hall–Kier alpha value is -3.52. The van der Waals surface area contributed by atoms with E-state index in [-0.39, 0.29) is 37.1 Å². The van der Waals surface area contributed by atoms with E-state index in [0.29, 0.717) is 17.7 Å². The van der Waals surface area contributed by atoms with E-state index >= 15 is 0 Å². The normalized spacial score (nSPS) is 27.3. The number of nitrogens with one attached hydrogen (secondary N) is 2. The number of fused-ring (bicyclic) bond motifs is 4. The zero-order valence-corrected chi connectivity index (χ0v) is 19.3. The standard InChI is InChI=1S/C26H28N4O4/c1-14-12-15(2)22-17(13-14)26(25(34)28-22)21-20(18(29-26)8-9-19(27)31)23(32)30(24(21)33)11-10-16-6-4-3-5-7-16/h3-7,12-13,18,20-21,29H,8-11H2,1-2H3,(H2,27,31)(H,28,34)/t18-,20-,21-,26-/m1/s1. The number of hydrogen-bond acceptors (Lipinski definition) is 5. The molecule has 4 atom stereocenters. The van der Waals surface area contributed by atoms with Gasteiger partial charge in [-0.25, -0.2) is 0 Å². The molecule has 34 heavy (non-hydrogen) atoms. The Balaban J connectivity index is 1.55. The molecule has 0 aliphatic carbocycles. The fraction of sp³-hybridized carbons (Fsp3) is 0.385. The molecule has 0 radical (unpaired) electrons. The lowest BCUT2D eigenvalue weighted by atomic mass is 9.75. The molecule has 0 aromatic heterocycles. The summed E-state index contributed by atoms with van der Waals surface area (Å²) in [6, 6.07) is 13.0. The van der Waals surface area contributed by atoms with Crippen molar-refractivity contribution >= 4 is 29.3 Å². The van der Waals surface area contributed by atoms with Crippen molar-refractivity contribution in [2.45, 2.75) is 44.7 Å². The van der Waals surface area contributed by atoms with Crippen molar-refractivity contribution in [1.82, 2.24) is 10.2 Å². The van der Waals surface area contributed by atoms with Gasteiger partial charge >= 0.3 is 0 Å². The fourth-order valence-electron chi connectivity index (χ4n) is 5.97. The fourth-order valence-corrected chi connectivity index (χ4v) is 5.97. The van der Waals surface area contributed by atoms with E-state index in [4.69, 9.17) is 5.73 Å². The highest BCUT2D eigenvalue weighted by Crippen LogP contribution is 2.54. The van der Waals surface area contributed by atoms with Crippen molar-refractivity contribution in [2.24, 2.45) is 17.6 Å². The van der Waals surface area contributed by atoms with Crippen LogP contribution in [-0.4, -0.2) is 41.1 Å². The van der Waals surface area contributed by atoms with Crippen molar-refractivity contribution in [3.05, 3.63) is 64.7 Å². The Morgan fingerprint density at radius 1 is 1.09 bits per heavy atom. The molecule has 2 aromatic carbocycles. The summed E-state index contributed by atoms with van der Waals surface area (Å²) in [5, 5.41) is 6.31. The van der Waals surface area contributed by atoms with E-state index in [1.807, 2.05) is 56.3 Å². The van der Waals surface area contributed by atoms with E-state index < -0.39 is 29.3 Å². The van der Waals surface area contributed by atoms with Crippen LogP contribution in [0.5, 0.6) is 0 Å². The van der Waals surface area contributed by atoms with Crippen LogP contribution in [0, 0.1) is 25.7 Å². The van der Waals surface area contributed by atoms with E-state index in [1.54, 1.807) is 0 Å². The average Bonchev–Trinajstić information content (AvgIpc) is 3.37. The molecule has 2 fully saturated rings. The van der Waals surface area contributed by atoms with Gasteiger partial charge in [-0.15, -0.1) is 0 Å². The van der Waals surface area contributed by atoms with Gasteiger partial charge in [0.25, 0.3) is 0 Å². The first-order chi connectivity index (χ1) is 16.2. The molecule has 4 N–H and O–H groups in total. The highest BCUT2D eigenvalue weighted by Gasteiger charge is 2.70. The van der Waals surface area contributed by atoms with Crippen LogP contribution in [0.3, 0.4) is 0 Å². The first-order valence-electron chi connectivity index (χ1n) is 11.6. The Bertz CT molecular complexity index is 1210. The molecule has 0 unspecified atom stereocenters. The number of anilines is 1. The molecule has 3 heterocycles. The molecule has 8 heteroatoms. The number of aryl methyl sites for hydroxylation is 2. The summed E-state index contributed by atoms with van der Waals surface area (Å²) < 4.78 is 0. The van der Waals surface area contributed by atoms with Crippen LogP contribution in [0.1, 0.15) is 35.1 Å². The van der Waals surface area contributed by atoms with Crippen LogP contribution in [0.15, 0.2) is 42.5 Å². The number of imide groups is 1. The van der Waals surface area contributed by atoms with Gasteiger partial charge in [0.15, 0.2) is 0 Å². The monoisotopic (exact) mass is 460 g/mol. The summed E-state index contributed by atoms with van der Waals surface area (Å²) in [5.41, 5.74) is 8.29. The second kappa shape index (κ2) is 8.06. The number of carbonyl (C=O) groups is 4. The molecular formula is C26H28N4O4. The molecule has 5 rings (SSSR count). The van der Waals surface area contributed by atoms with Gasteiger partial charge in [0.05, 0.1) is 11.8 Å². The minimum atomic E-state index is -1.35. The largest absolute Gasteiger partial charge is 0.370 e. The van der Waals surface area contributed by atoms with E-state index in [1.165, 1.54) is 4.90 Å². The third kappa shape index (κ3) is 3.24. The van der Waals surface area contributed by atoms with Crippen LogP contribution in [0.25, 0.3) is 0 Å². The van der Waals surface area contributed by atoms with E-state index in [2.05, 4.69) is 10.6 Å². The second-order valence-electron chi connectivity index (χ2n) is 9.59. The predicted molar refractivity (Wildman–Crippen MR) is 125 cm³/mol. The lowest BCUT2D eigenvalue weighted by Gasteiger charge is -2.30. The molecule has 0 bridgehead atoms. The SMILES string of the molecule is Cc1cc(C)c2c(c1)[C@]1(N[C@H](CCC(N)=O)[C@H]3C(=O)N(CCc4ccccc4)C(=O)[C@@H]31)C(=O)N2. The third-order valence-corrected chi connectivity index (χ3v) is 7.43. The molecule has 176 valence electrons. The highest BCUT2D eigenvalue weighted by molar-refractivity contribution is 6.15. The summed E-state index contributed by atoms with van der Waals surface area (Å²) >= 11 is 0. The molecular weight excluding hydrogens is 432 g/mol. The van der Waals surface area contributed by atoms with Gasteiger partial charge in [-0.3, -0.25) is 29.4 Å². The Morgan fingerprint density at radius 3 is 2.53 bits per heavy atom. The number of nitrogens with two attached hydrogens (primary N) is 1. The van der Waals surface area contributed by atoms with Gasteiger partial charge in [-0.2, -0.15) is 0 Å². The quantitative estimate of drug-likeness (QED) is 0.565. The smallest absolute Gasteiger partial charge is 0.250 e. The van der Waals surface area contributed by atoms with Crippen LogP contribution < -0.4 is 16.4 Å². The molecule has 8 nitrogen and oxygen atoms in total. The number of hydrogen-bond donors (Lipinski definition) is 3. The summed E-state index contributed by atoms with van der Waals surface area (Å²) in [6.07, 6.45) is 0.867. The Morgan fingerprint density at radius 2 is 1.82 bits per heavy atom. The van der Waals surface area contributed by atoms with Gasteiger partial charge in [0.1, 0.15) is 5.54 Å². The summed E-state index contributed by atoms with van der Waals surface area (Å²) in [7, 11) is 0. The van der Waals surface area contributed by atoms with Crippen molar-refractivity contribution in [3.8, 4) is 0 Å². The maximum atomic E-state index is 13.8. The number of likely N-dealkylation sites (tertiary alicyclic amines) is 1. The molecule has 2 aromatic rings. The van der Waals surface area contributed by atoms with Gasteiger partial charge in [-0.05, 0) is 37.8 Å². The predicted octanol–water partition coefficient (Wildman–Crippen LogP) is 1.53. The van der Waals surface area contributed by atoms with E-state index in [9.17, 15) is 19.2 Å². The molecule has 3 aliphatic rings. The van der Waals surface area contributed by atoms with Crippen molar-refractivity contribution in [2.75, 3.05) is 11.9 Å². The number of carbonyl (C=O) groups excluding carboxylic acids is 4. The van der Waals surface area contributed by atoms with Crippen LogP contribution >= 0.6 is 0 Å². The first kappa shape index (κ1) is 22.3. The third-order valence-electron chi connectivity index (χ3n) is 7.43. The molecule has 2 saturated heterocycles. The number of amides is 4. The lowest BCUT2D eigenvalue weighted by Crippen LogP contribution is -2.53. The molecule has 0 saturated carbocycles. The molecule has 3 aliphatic heterocycles. The topological polar surface area (TPSA) is 122 Å². The van der Waals surface area contributed by atoms with Crippen molar-refractivity contribution in [3.63, 3.8) is 0 Å². The average molecular weight is 461 g/mol. The minimum absolute atomic E-state index is 0.0593. The maximum Gasteiger partial charge on any atom is 0.250 e. The maximum absolute atomic E-state index is 13.8. The lowest BCUT2D eigenvalue weighted by molar-refractivity contribution is -0.142. The zero-order valence-electron chi connectivity index (χ0n) is 19.3. The van der Waals surface area contributed by atoms with Gasteiger partial charge in [0.2, 0.25) is 23.6 Å². The van der Waals surface area contributed by atoms with Gasteiger partial charge in [-0.1, -0.05) is 48.0 Å². The van der Waals surface area contributed by atoms with E-state index in [0.717, 1.165) is 16.7 Å². The first-order valence-corrected chi connectivity index (χ1v) is 11.6. The second-order valence-corrected chi connectivity index (χ2v) is 9.59. The minimum Gasteiger partial charge on any atom is -0.370 e.